The van der Waals surface area contributed by atoms with Crippen molar-refractivity contribution in [1.82, 2.24) is 15.5 Å². The lowest BCUT2D eigenvalue weighted by atomic mass is 9.92. The minimum absolute atomic E-state index is 0.106. The minimum Gasteiger partial charge on any atom is -0.508 e. The number of nitrogens with zero attached hydrogens (tertiary/aromatic N) is 1. The van der Waals surface area contributed by atoms with Gasteiger partial charge in [0.25, 0.3) is 0 Å². The summed E-state index contributed by atoms with van der Waals surface area (Å²) >= 11 is 0. The summed E-state index contributed by atoms with van der Waals surface area (Å²) in [5.74, 6) is -0.961. The standard InChI is InChI=1S/C24H37N5O4/c25-12-4-1-2-6-14-27-22(31)18-15-20-23(32)28-19(7-3-5-13-26)24(33)29(20)21(18)16-8-10-17(30)11-9-16/h8-11,18-21,30H,1-7,12-15,25-26H2,(H,27,31)(H,28,32)/t18-,19+,20-,21-/m1/s1. The van der Waals surface area contributed by atoms with Crippen LogP contribution in [0.5, 0.6) is 5.75 Å². The third-order valence-corrected chi connectivity index (χ3v) is 6.61. The Morgan fingerprint density at radius 2 is 1.70 bits per heavy atom. The van der Waals surface area contributed by atoms with Gasteiger partial charge >= 0.3 is 0 Å². The van der Waals surface area contributed by atoms with Gasteiger partial charge in [0.1, 0.15) is 17.8 Å². The van der Waals surface area contributed by atoms with Crippen molar-refractivity contribution >= 4 is 17.7 Å². The summed E-state index contributed by atoms with van der Waals surface area (Å²) in [7, 11) is 0. The van der Waals surface area contributed by atoms with Crippen LogP contribution in [0.15, 0.2) is 24.3 Å². The Morgan fingerprint density at radius 3 is 2.39 bits per heavy atom. The highest BCUT2D eigenvalue weighted by atomic mass is 16.3. The SMILES string of the molecule is NCCCCCCNC(=O)[C@@H]1C[C@@H]2C(=O)N[C@@H](CCCCN)C(=O)N2[C@@H]1c1ccc(O)cc1. The van der Waals surface area contributed by atoms with E-state index in [2.05, 4.69) is 10.6 Å². The van der Waals surface area contributed by atoms with Gasteiger partial charge in [-0.25, -0.2) is 0 Å². The Bertz CT molecular complexity index is 816. The van der Waals surface area contributed by atoms with Crippen molar-refractivity contribution in [3.05, 3.63) is 29.8 Å². The second-order valence-electron chi connectivity index (χ2n) is 8.98. The van der Waals surface area contributed by atoms with Crippen molar-refractivity contribution in [3.63, 3.8) is 0 Å². The summed E-state index contributed by atoms with van der Waals surface area (Å²) in [5, 5.41) is 15.6. The van der Waals surface area contributed by atoms with E-state index in [0.29, 0.717) is 26.1 Å². The fourth-order valence-corrected chi connectivity index (χ4v) is 4.87. The second kappa shape index (κ2) is 12.0. The smallest absolute Gasteiger partial charge is 0.246 e. The molecule has 0 spiro atoms. The number of carbonyl (C=O) groups is 3. The van der Waals surface area contributed by atoms with E-state index in [0.717, 1.165) is 44.1 Å². The van der Waals surface area contributed by atoms with Crippen molar-refractivity contribution in [2.24, 2.45) is 17.4 Å². The van der Waals surface area contributed by atoms with Crippen LogP contribution in [0.2, 0.25) is 0 Å². The molecule has 0 saturated carbocycles. The van der Waals surface area contributed by atoms with E-state index in [1.807, 2.05) is 0 Å². The molecule has 3 rings (SSSR count). The maximum absolute atomic E-state index is 13.4. The van der Waals surface area contributed by atoms with E-state index < -0.39 is 24.0 Å². The molecule has 2 aliphatic rings. The molecular weight excluding hydrogens is 422 g/mol. The average Bonchev–Trinajstić information content (AvgIpc) is 3.21. The van der Waals surface area contributed by atoms with Crippen molar-refractivity contribution in [2.45, 2.75) is 69.5 Å². The number of phenols is 1. The Labute approximate surface area is 195 Å². The van der Waals surface area contributed by atoms with Crippen LogP contribution in [0.4, 0.5) is 0 Å². The molecule has 9 heteroatoms. The fraction of sp³-hybridized carbons (Fsp3) is 0.625. The van der Waals surface area contributed by atoms with Crippen LogP contribution in [0.1, 0.15) is 63.0 Å². The number of carbonyl (C=O) groups excluding carboxylic acids is 3. The molecule has 0 aromatic heterocycles. The molecule has 1 aromatic rings. The number of rotatable bonds is 12. The molecule has 2 aliphatic heterocycles. The summed E-state index contributed by atoms with van der Waals surface area (Å²) in [6.07, 6.45) is 6.17. The third kappa shape index (κ3) is 6.03. The van der Waals surface area contributed by atoms with Crippen molar-refractivity contribution in [1.29, 1.82) is 0 Å². The van der Waals surface area contributed by atoms with Gasteiger partial charge in [-0.2, -0.15) is 0 Å². The highest BCUT2D eigenvalue weighted by molar-refractivity contribution is 5.99. The number of nitrogens with two attached hydrogens (primary N) is 2. The van der Waals surface area contributed by atoms with Crippen molar-refractivity contribution in [3.8, 4) is 5.75 Å². The van der Waals surface area contributed by atoms with Crippen LogP contribution in [0, 0.1) is 5.92 Å². The van der Waals surface area contributed by atoms with Gasteiger partial charge in [0.15, 0.2) is 0 Å². The molecule has 2 saturated heterocycles. The molecule has 7 N–H and O–H groups in total. The molecule has 33 heavy (non-hydrogen) atoms. The molecule has 3 amide bonds. The highest BCUT2D eigenvalue weighted by Gasteiger charge is 2.54. The van der Waals surface area contributed by atoms with Crippen LogP contribution >= 0.6 is 0 Å². The van der Waals surface area contributed by atoms with Gasteiger partial charge in [-0.3, -0.25) is 14.4 Å². The summed E-state index contributed by atoms with van der Waals surface area (Å²) in [5.41, 5.74) is 11.8. The fourth-order valence-electron chi connectivity index (χ4n) is 4.87. The van der Waals surface area contributed by atoms with Crippen molar-refractivity contribution in [2.75, 3.05) is 19.6 Å². The number of nitrogens with one attached hydrogen (secondary N) is 2. The summed E-state index contributed by atoms with van der Waals surface area (Å²) < 4.78 is 0. The molecular formula is C24H37N5O4. The first kappa shape index (κ1) is 25.0. The van der Waals surface area contributed by atoms with E-state index in [1.165, 1.54) is 0 Å². The number of benzene rings is 1. The molecule has 9 nitrogen and oxygen atoms in total. The first-order chi connectivity index (χ1) is 16.0. The molecule has 4 atom stereocenters. The lowest BCUT2D eigenvalue weighted by Crippen LogP contribution is -2.61. The van der Waals surface area contributed by atoms with Crippen LogP contribution < -0.4 is 22.1 Å². The summed E-state index contributed by atoms with van der Waals surface area (Å²) in [4.78, 5) is 41.1. The number of phenolic OH excluding ortho intramolecular Hbond substituents is 1. The van der Waals surface area contributed by atoms with Crippen LogP contribution in [-0.2, 0) is 14.4 Å². The van der Waals surface area contributed by atoms with E-state index in [1.54, 1.807) is 29.2 Å². The Hall–Kier alpha value is -2.65. The van der Waals surface area contributed by atoms with E-state index in [4.69, 9.17) is 11.5 Å². The maximum Gasteiger partial charge on any atom is 0.246 e. The van der Waals surface area contributed by atoms with Gasteiger partial charge in [0.2, 0.25) is 17.7 Å². The quantitative estimate of drug-likeness (QED) is 0.293. The number of fused-ring (bicyclic) bond motifs is 1. The zero-order chi connectivity index (χ0) is 23.8. The molecule has 0 aliphatic carbocycles. The summed E-state index contributed by atoms with van der Waals surface area (Å²) in [6, 6.07) is 4.69. The number of piperazine rings is 1. The zero-order valence-electron chi connectivity index (χ0n) is 19.2. The lowest BCUT2D eigenvalue weighted by Gasteiger charge is -2.38. The first-order valence-electron chi connectivity index (χ1n) is 12.1. The van der Waals surface area contributed by atoms with Gasteiger partial charge in [-0.1, -0.05) is 25.0 Å². The minimum atomic E-state index is -0.678. The van der Waals surface area contributed by atoms with Gasteiger partial charge < -0.3 is 32.1 Å². The second-order valence-corrected chi connectivity index (χ2v) is 8.98. The monoisotopic (exact) mass is 459 g/mol. The number of hydrogen-bond donors (Lipinski definition) is 5. The molecule has 2 fully saturated rings. The summed E-state index contributed by atoms with van der Waals surface area (Å²) in [6.45, 7) is 1.75. The Kier molecular flexibility index (Phi) is 9.08. The van der Waals surface area contributed by atoms with Crippen LogP contribution in [0.3, 0.4) is 0 Å². The molecule has 0 unspecified atom stereocenters. The van der Waals surface area contributed by atoms with Crippen molar-refractivity contribution < 1.29 is 19.5 Å². The van der Waals surface area contributed by atoms with Crippen LogP contribution in [0.25, 0.3) is 0 Å². The molecule has 0 bridgehead atoms. The van der Waals surface area contributed by atoms with Gasteiger partial charge in [0.05, 0.1) is 12.0 Å². The third-order valence-electron chi connectivity index (χ3n) is 6.61. The number of aromatic hydroxyl groups is 1. The normalized spacial score (nSPS) is 24.5. The largest absolute Gasteiger partial charge is 0.508 e. The molecule has 2 heterocycles. The van der Waals surface area contributed by atoms with E-state index in [-0.39, 0.29) is 29.9 Å². The number of unbranched alkanes of at least 4 members (excludes halogenated alkanes) is 4. The molecule has 1 aromatic carbocycles. The first-order valence-corrected chi connectivity index (χ1v) is 12.1. The van der Waals surface area contributed by atoms with E-state index >= 15 is 0 Å². The molecule has 0 radical (unpaired) electrons. The Morgan fingerprint density at radius 1 is 1.03 bits per heavy atom. The Balaban J connectivity index is 1.77. The number of amides is 3. The topological polar surface area (TPSA) is 151 Å². The highest BCUT2D eigenvalue weighted by Crippen LogP contribution is 2.43. The van der Waals surface area contributed by atoms with Gasteiger partial charge in [-0.05, 0) is 69.3 Å². The van der Waals surface area contributed by atoms with Crippen LogP contribution in [-0.4, -0.2) is 59.4 Å². The maximum atomic E-state index is 13.4. The van der Waals surface area contributed by atoms with Gasteiger partial charge in [0, 0.05) is 6.54 Å². The predicted molar refractivity (Wildman–Crippen MR) is 125 cm³/mol. The zero-order valence-corrected chi connectivity index (χ0v) is 19.2. The van der Waals surface area contributed by atoms with Gasteiger partial charge in [-0.15, -0.1) is 0 Å². The average molecular weight is 460 g/mol. The number of hydrogen-bond acceptors (Lipinski definition) is 6. The molecule has 182 valence electrons. The lowest BCUT2D eigenvalue weighted by molar-refractivity contribution is -0.149. The predicted octanol–water partition coefficient (Wildman–Crippen LogP) is 0.913. The van der Waals surface area contributed by atoms with E-state index in [9.17, 15) is 19.5 Å².